The average molecular weight is 250 g/mol. The van der Waals surface area contributed by atoms with E-state index in [4.69, 9.17) is 0 Å². The summed E-state index contributed by atoms with van der Waals surface area (Å²) < 4.78 is 2.03. The summed E-state index contributed by atoms with van der Waals surface area (Å²) in [6, 6.07) is 4.24. The molecule has 18 heavy (non-hydrogen) atoms. The topological polar surface area (TPSA) is 54.3 Å². The number of aliphatic hydroxyl groups excluding tert-OH is 1. The van der Waals surface area contributed by atoms with Gasteiger partial charge in [-0.1, -0.05) is 20.3 Å². The van der Waals surface area contributed by atoms with Crippen LogP contribution in [0.15, 0.2) is 18.3 Å². The van der Waals surface area contributed by atoms with Crippen LogP contribution < -0.4 is 5.32 Å². The number of nitrogens with one attached hydrogen (secondary N) is 1. The van der Waals surface area contributed by atoms with E-state index >= 15 is 0 Å². The zero-order valence-corrected chi connectivity index (χ0v) is 11.1. The molecule has 1 aromatic rings. The highest BCUT2D eigenvalue weighted by molar-refractivity contribution is 5.92. The van der Waals surface area contributed by atoms with Crippen molar-refractivity contribution in [2.45, 2.75) is 45.3 Å². The predicted octanol–water partition coefficient (Wildman–Crippen LogP) is 1.96. The van der Waals surface area contributed by atoms with Crippen LogP contribution in [0.25, 0.3) is 0 Å². The number of carbonyl (C=O) groups excluding carboxylic acids is 1. The molecule has 0 saturated heterocycles. The van der Waals surface area contributed by atoms with Crippen molar-refractivity contribution in [3.63, 3.8) is 0 Å². The van der Waals surface area contributed by atoms with Crippen LogP contribution in [0, 0.1) is 5.92 Å². The first kappa shape index (κ1) is 13.1. The largest absolute Gasteiger partial charge is 0.391 e. The molecule has 100 valence electrons. The van der Waals surface area contributed by atoms with Gasteiger partial charge in [0.25, 0.3) is 5.91 Å². The van der Waals surface area contributed by atoms with Crippen molar-refractivity contribution in [3.05, 3.63) is 24.0 Å². The second-order valence-corrected chi connectivity index (χ2v) is 5.19. The van der Waals surface area contributed by atoms with E-state index < -0.39 is 6.10 Å². The van der Waals surface area contributed by atoms with Gasteiger partial charge in [0, 0.05) is 18.8 Å². The van der Waals surface area contributed by atoms with Gasteiger partial charge in [-0.05, 0) is 30.9 Å². The molecule has 4 nitrogen and oxygen atoms in total. The van der Waals surface area contributed by atoms with E-state index in [1.54, 1.807) is 0 Å². The van der Waals surface area contributed by atoms with Gasteiger partial charge in [0.1, 0.15) is 5.69 Å². The van der Waals surface area contributed by atoms with Crippen LogP contribution >= 0.6 is 0 Å². The third-order valence-electron chi connectivity index (χ3n) is 3.72. The van der Waals surface area contributed by atoms with Crippen molar-refractivity contribution in [1.29, 1.82) is 0 Å². The van der Waals surface area contributed by atoms with Gasteiger partial charge in [-0.2, -0.15) is 0 Å². The molecule has 2 rings (SSSR count). The Hall–Kier alpha value is -1.29. The average Bonchev–Trinajstić information content (AvgIpc) is 3.11. The molecule has 2 unspecified atom stereocenters. The highest BCUT2D eigenvalue weighted by Crippen LogP contribution is 2.35. The lowest BCUT2D eigenvalue weighted by molar-refractivity contribution is 0.0842. The van der Waals surface area contributed by atoms with E-state index in [1.807, 2.05) is 36.7 Å². The summed E-state index contributed by atoms with van der Waals surface area (Å²) in [5.74, 6) is 0.120. The SMILES string of the molecule is CCC(C)C(O)CNC(=O)c1cccn1C1CC1. The fraction of sp³-hybridized carbons (Fsp3) is 0.643. The van der Waals surface area contributed by atoms with E-state index in [1.165, 1.54) is 0 Å². The molecule has 0 bridgehead atoms. The molecule has 0 aliphatic heterocycles. The van der Waals surface area contributed by atoms with E-state index in [9.17, 15) is 9.90 Å². The highest BCUT2D eigenvalue weighted by Gasteiger charge is 2.26. The summed E-state index contributed by atoms with van der Waals surface area (Å²) >= 11 is 0. The van der Waals surface area contributed by atoms with E-state index in [2.05, 4.69) is 5.32 Å². The number of aliphatic hydroxyl groups is 1. The minimum Gasteiger partial charge on any atom is -0.391 e. The normalized spacial score (nSPS) is 18.4. The number of aromatic nitrogens is 1. The van der Waals surface area contributed by atoms with Crippen molar-refractivity contribution in [3.8, 4) is 0 Å². The summed E-state index contributed by atoms with van der Waals surface area (Å²) in [4.78, 5) is 12.0. The van der Waals surface area contributed by atoms with E-state index in [-0.39, 0.29) is 11.8 Å². The summed E-state index contributed by atoms with van der Waals surface area (Å²) in [5, 5.41) is 12.6. The molecule has 2 N–H and O–H groups in total. The quantitative estimate of drug-likeness (QED) is 0.811. The van der Waals surface area contributed by atoms with Crippen molar-refractivity contribution in [2.75, 3.05) is 6.54 Å². The molecule has 1 aliphatic rings. The van der Waals surface area contributed by atoms with Crippen LogP contribution in [-0.4, -0.2) is 28.2 Å². The monoisotopic (exact) mass is 250 g/mol. The van der Waals surface area contributed by atoms with Gasteiger partial charge in [-0.3, -0.25) is 4.79 Å². The number of amides is 1. The Labute approximate surface area is 108 Å². The third-order valence-corrected chi connectivity index (χ3v) is 3.72. The third kappa shape index (κ3) is 2.93. The molecule has 1 aliphatic carbocycles. The fourth-order valence-corrected chi connectivity index (χ4v) is 2.02. The first-order valence-electron chi connectivity index (χ1n) is 6.76. The summed E-state index contributed by atoms with van der Waals surface area (Å²) in [7, 11) is 0. The number of rotatable bonds is 6. The zero-order valence-electron chi connectivity index (χ0n) is 11.1. The molecule has 1 amide bonds. The van der Waals surface area contributed by atoms with Crippen molar-refractivity contribution < 1.29 is 9.90 Å². The first-order valence-corrected chi connectivity index (χ1v) is 6.76. The van der Waals surface area contributed by atoms with Gasteiger partial charge in [-0.25, -0.2) is 0 Å². The Morgan fingerprint density at radius 3 is 2.94 bits per heavy atom. The lowest BCUT2D eigenvalue weighted by Crippen LogP contribution is -2.36. The predicted molar refractivity (Wildman–Crippen MR) is 70.5 cm³/mol. The van der Waals surface area contributed by atoms with Crippen LogP contribution in [0.3, 0.4) is 0 Å². The van der Waals surface area contributed by atoms with Gasteiger partial charge >= 0.3 is 0 Å². The van der Waals surface area contributed by atoms with Crippen molar-refractivity contribution in [2.24, 2.45) is 5.92 Å². The minimum absolute atomic E-state index is 0.0887. The van der Waals surface area contributed by atoms with Crippen molar-refractivity contribution >= 4 is 5.91 Å². The number of carbonyl (C=O) groups is 1. The molecule has 0 aromatic carbocycles. The molecular formula is C14H22N2O2. The first-order chi connectivity index (χ1) is 8.63. The maximum atomic E-state index is 12.0. The Bertz CT molecular complexity index is 410. The van der Waals surface area contributed by atoms with Crippen LogP contribution in [-0.2, 0) is 0 Å². The standard InChI is InChI=1S/C14H22N2O2/c1-3-10(2)13(17)9-15-14(18)12-5-4-8-16(12)11-6-7-11/h4-5,8,10-11,13,17H,3,6-7,9H2,1-2H3,(H,15,18). The smallest absolute Gasteiger partial charge is 0.268 e. The molecule has 1 aromatic heterocycles. The fourth-order valence-electron chi connectivity index (χ4n) is 2.02. The molecule has 0 spiro atoms. The summed E-state index contributed by atoms with van der Waals surface area (Å²) in [5.41, 5.74) is 0.703. The lowest BCUT2D eigenvalue weighted by Gasteiger charge is -2.17. The van der Waals surface area contributed by atoms with Gasteiger partial charge in [0.05, 0.1) is 6.10 Å². The zero-order chi connectivity index (χ0) is 13.1. The number of nitrogens with zero attached hydrogens (tertiary/aromatic N) is 1. The van der Waals surface area contributed by atoms with Crippen LogP contribution in [0.5, 0.6) is 0 Å². The number of hydrogen-bond donors (Lipinski definition) is 2. The van der Waals surface area contributed by atoms with E-state index in [0.717, 1.165) is 19.3 Å². The van der Waals surface area contributed by atoms with E-state index in [0.29, 0.717) is 18.3 Å². The molecule has 4 heteroatoms. The van der Waals surface area contributed by atoms with Crippen LogP contribution in [0.4, 0.5) is 0 Å². The molecule has 2 atom stereocenters. The Morgan fingerprint density at radius 2 is 2.33 bits per heavy atom. The molecule has 1 fully saturated rings. The van der Waals surface area contributed by atoms with Gasteiger partial charge < -0.3 is 15.0 Å². The summed E-state index contributed by atoms with van der Waals surface area (Å²) in [6.45, 7) is 4.35. The molecular weight excluding hydrogens is 228 g/mol. The Kier molecular flexibility index (Phi) is 4.07. The van der Waals surface area contributed by atoms with Crippen LogP contribution in [0.2, 0.25) is 0 Å². The Morgan fingerprint density at radius 1 is 1.61 bits per heavy atom. The van der Waals surface area contributed by atoms with Crippen molar-refractivity contribution in [1.82, 2.24) is 9.88 Å². The van der Waals surface area contributed by atoms with Gasteiger partial charge in [0.15, 0.2) is 0 Å². The second kappa shape index (κ2) is 5.57. The molecule has 0 radical (unpaired) electrons. The minimum atomic E-state index is -0.469. The lowest BCUT2D eigenvalue weighted by atomic mass is 10.0. The summed E-state index contributed by atoms with van der Waals surface area (Å²) in [6.07, 6.45) is 4.71. The molecule has 1 heterocycles. The highest BCUT2D eigenvalue weighted by atomic mass is 16.3. The molecule has 1 saturated carbocycles. The van der Waals surface area contributed by atoms with Gasteiger partial charge in [0.2, 0.25) is 0 Å². The number of hydrogen-bond acceptors (Lipinski definition) is 2. The maximum Gasteiger partial charge on any atom is 0.268 e. The Balaban J connectivity index is 1.89. The van der Waals surface area contributed by atoms with Gasteiger partial charge in [-0.15, -0.1) is 0 Å². The second-order valence-electron chi connectivity index (χ2n) is 5.19. The maximum absolute atomic E-state index is 12.0. The van der Waals surface area contributed by atoms with Crippen LogP contribution in [0.1, 0.15) is 49.6 Å².